The fourth-order valence-corrected chi connectivity index (χ4v) is 1.80. The lowest BCUT2D eigenvalue weighted by atomic mass is 10.1. The van der Waals surface area contributed by atoms with Crippen LogP contribution in [0, 0.1) is 11.8 Å². The van der Waals surface area contributed by atoms with Crippen LogP contribution in [0.2, 0.25) is 0 Å². The van der Waals surface area contributed by atoms with Crippen LogP contribution in [0.25, 0.3) is 0 Å². The monoisotopic (exact) mass is 171 g/mol. The largest absolute Gasteiger partial charge is 0.396 e. The number of likely N-dealkylation sites (tertiary alicyclic amines) is 1. The number of aliphatic hydroxyl groups is 1. The third-order valence-electron chi connectivity index (χ3n) is 2.89. The molecule has 0 bridgehead atoms. The summed E-state index contributed by atoms with van der Waals surface area (Å²) in [5.41, 5.74) is 0. The minimum atomic E-state index is 0.372. The van der Waals surface area contributed by atoms with Crippen molar-refractivity contribution >= 4 is 0 Å². The number of nitrogens with zero attached hydrogens (tertiary/aromatic N) is 1. The molecule has 0 spiro atoms. The van der Waals surface area contributed by atoms with Crippen LogP contribution in [0.4, 0.5) is 0 Å². The average Bonchev–Trinajstić information content (AvgIpc) is 2.52. The fourth-order valence-electron chi connectivity index (χ4n) is 1.80. The van der Waals surface area contributed by atoms with E-state index >= 15 is 0 Å². The second-order valence-corrected chi connectivity index (χ2v) is 4.11. The molecule has 0 radical (unpaired) electrons. The molecule has 0 saturated carbocycles. The maximum Gasteiger partial charge on any atom is 0.0471 e. The summed E-state index contributed by atoms with van der Waals surface area (Å²) < 4.78 is 0. The van der Waals surface area contributed by atoms with E-state index in [9.17, 15) is 0 Å². The Kier molecular flexibility index (Phi) is 4.02. The highest BCUT2D eigenvalue weighted by Gasteiger charge is 2.22. The summed E-state index contributed by atoms with van der Waals surface area (Å²) in [6.07, 6.45) is 2.45. The van der Waals surface area contributed by atoms with Crippen molar-refractivity contribution in [2.24, 2.45) is 11.8 Å². The van der Waals surface area contributed by atoms with Gasteiger partial charge in [-0.25, -0.2) is 0 Å². The van der Waals surface area contributed by atoms with Gasteiger partial charge in [-0.15, -0.1) is 0 Å². The summed E-state index contributed by atoms with van der Waals surface area (Å²) in [5.74, 6) is 1.36. The van der Waals surface area contributed by atoms with Crippen LogP contribution < -0.4 is 0 Å². The van der Waals surface area contributed by atoms with Crippen molar-refractivity contribution in [1.29, 1.82) is 0 Å². The first kappa shape index (κ1) is 10.0. The summed E-state index contributed by atoms with van der Waals surface area (Å²) in [4.78, 5) is 2.48. The van der Waals surface area contributed by atoms with Gasteiger partial charge in [0.15, 0.2) is 0 Å². The standard InChI is InChI=1S/C10H21NO/c1-3-9(2)6-11-5-4-10(7-11)8-12/h9-10,12H,3-8H2,1-2H3. The molecule has 1 aliphatic heterocycles. The smallest absolute Gasteiger partial charge is 0.0471 e. The van der Waals surface area contributed by atoms with Gasteiger partial charge in [-0.05, 0) is 24.8 Å². The van der Waals surface area contributed by atoms with Crippen LogP contribution in [0.3, 0.4) is 0 Å². The SMILES string of the molecule is CCC(C)CN1CCC(CO)C1. The molecule has 0 aliphatic carbocycles. The first-order chi connectivity index (χ1) is 5.76. The van der Waals surface area contributed by atoms with Crippen molar-refractivity contribution in [2.45, 2.75) is 26.7 Å². The quantitative estimate of drug-likeness (QED) is 0.690. The molecular formula is C10H21NO. The summed E-state index contributed by atoms with van der Waals surface area (Å²) in [5, 5.41) is 8.95. The Labute approximate surface area is 75.6 Å². The van der Waals surface area contributed by atoms with Gasteiger partial charge in [-0.1, -0.05) is 20.3 Å². The highest BCUT2D eigenvalue weighted by Crippen LogP contribution is 2.17. The summed E-state index contributed by atoms with van der Waals surface area (Å²) in [6.45, 7) is 8.43. The van der Waals surface area contributed by atoms with Crippen LogP contribution in [0.1, 0.15) is 26.7 Å². The first-order valence-electron chi connectivity index (χ1n) is 5.09. The van der Waals surface area contributed by atoms with Crippen molar-refractivity contribution in [3.05, 3.63) is 0 Å². The van der Waals surface area contributed by atoms with E-state index in [1.165, 1.54) is 25.9 Å². The number of aliphatic hydroxyl groups excluding tert-OH is 1. The summed E-state index contributed by atoms with van der Waals surface area (Å²) >= 11 is 0. The van der Waals surface area contributed by atoms with Gasteiger partial charge in [-0.2, -0.15) is 0 Å². The average molecular weight is 171 g/mol. The van der Waals surface area contributed by atoms with E-state index in [2.05, 4.69) is 18.7 Å². The lowest BCUT2D eigenvalue weighted by molar-refractivity contribution is 0.214. The Morgan fingerprint density at radius 1 is 1.58 bits per heavy atom. The topological polar surface area (TPSA) is 23.5 Å². The molecule has 1 N–H and O–H groups in total. The van der Waals surface area contributed by atoms with Gasteiger partial charge < -0.3 is 10.0 Å². The number of hydrogen-bond acceptors (Lipinski definition) is 2. The van der Waals surface area contributed by atoms with Crippen molar-refractivity contribution in [2.75, 3.05) is 26.2 Å². The molecule has 2 unspecified atom stereocenters. The maximum atomic E-state index is 8.95. The Morgan fingerprint density at radius 2 is 2.33 bits per heavy atom. The van der Waals surface area contributed by atoms with Crippen LogP contribution in [0.15, 0.2) is 0 Å². The van der Waals surface area contributed by atoms with Crippen LogP contribution >= 0.6 is 0 Å². The first-order valence-corrected chi connectivity index (χ1v) is 5.09. The Morgan fingerprint density at radius 3 is 2.83 bits per heavy atom. The van der Waals surface area contributed by atoms with Gasteiger partial charge in [0.05, 0.1) is 0 Å². The third-order valence-corrected chi connectivity index (χ3v) is 2.89. The minimum absolute atomic E-state index is 0.372. The second-order valence-electron chi connectivity index (χ2n) is 4.11. The molecular weight excluding hydrogens is 150 g/mol. The molecule has 1 aliphatic rings. The van der Waals surface area contributed by atoms with Gasteiger partial charge in [0, 0.05) is 19.7 Å². The molecule has 12 heavy (non-hydrogen) atoms. The zero-order chi connectivity index (χ0) is 8.97. The zero-order valence-corrected chi connectivity index (χ0v) is 8.29. The normalized spacial score (nSPS) is 27.8. The molecule has 1 saturated heterocycles. The maximum absolute atomic E-state index is 8.95. The second kappa shape index (κ2) is 4.83. The van der Waals surface area contributed by atoms with Gasteiger partial charge in [-0.3, -0.25) is 0 Å². The molecule has 0 aromatic heterocycles. The van der Waals surface area contributed by atoms with Crippen molar-refractivity contribution in [3.8, 4) is 0 Å². The predicted octanol–water partition coefficient (Wildman–Crippen LogP) is 1.35. The minimum Gasteiger partial charge on any atom is -0.396 e. The van der Waals surface area contributed by atoms with Crippen molar-refractivity contribution < 1.29 is 5.11 Å². The molecule has 2 heteroatoms. The van der Waals surface area contributed by atoms with E-state index in [1.807, 2.05) is 0 Å². The van der Waals surface area contributed by atoms with Gasteiger partial charge in [0.1, 0.15) is 0 Å². The molecule has 1 fully saturated rings. The van der Waals surface area contributed by atoms with Gasteiger partial charge >= 0.3 is 0 Å². The van der Waals surface area contributed by atoms with E-state index in [-0.39, 0.29) is 0 Å². The lowest BCUT2D eigenvalue weighted by Gasteiger charge is -2.19. The zero-order valence-electron chi connectivity index (χ0n) is 8.29. The Hall–Kier alpha value is -0.0800. The van der Waals surface area contributed by atoms with E-state index in [0.717, 1.165) is 12.5 Å². The van der Waals surface area contributed by atoms with E-state index < -0.39 is 0 Å². The molecule has 0 amide bonds. The lowest BCUT2D eigenvalue weighted by Crippen LogP contribution is -2.26. The Balaban J connectivity index is 2.18. The van der Waals surface area contributed by atoms with Crippen molar-refractivity contribution in [3.63, 3.8) is 0 Å². The van der Waals surface area contributed by atoms with Crippen LogP contribution in [-0.2, 0) is 0 Å². The van der Waals surface area contributed by atoms with Crippen LogP contribution in [0.5, 0.6) is 0 Å². The molecule has 0 aromatic rings. The summed E-state index contributed by atoms with van der Waals surface area (Å²) in [6, 6.07) is 0. The van der Waals surface area contributed by atoms with Gasteiger partial charge in [0.2, 0.25) is 0 Å². The predicted molar refractivity (Wildman–Crippen MR) is 51.1 cm³/mol. The summed E-state index contributed by atoms with van der Waals surface area (Å²) in [7, 11) is 0. The van der Waals surface area contributed by atoms with E-state index in [4.69, 9.17) is 5.11 Å². The molecule has 2 nitrogen and oxygen atoms in total. The number of rotatable bonds is 4. The molecule has 1 rings (SSSR count). The van der Waals surface area contributed by atoms with Crippen LogP contribution in [-0.4, -0.2) is 36.2 Å². The van der Waals surface area contributed by atoms with E-state index in [1.54, 1.807) is 0 Å². The highest BCUT2D eigenvalue weighted by molar-refractivity contribution is 4.75. The van der Waals surface area contributed by atoms with Gasteiger partial charge in [0.25, 0.3) is 0 Å². The molecule has 1 heterocycles. The number of hydrogen-bond donors (Lipinski definition) is 1. The molecule has 72 valence electrons. The third kappa shape index (κ3) is 2.76. The van der Waals surface area contributed by atoms with E-state index in [0.29, 0.717) is 12.5 Å². The van der Waals surface area contributed by atoms with Crippen molar-refractivity contribution in [1.82, 2.24) is 4.90 Å². The molecule has 2 atom stereocenters. The molecule has 0 aromatic carbocycles. The highest BCUT2D eigenvalue weighted by atomic mass is 16.3. The Bertz CT molecular complexity index is 127. The fraction of sp³-hybridized carbons (Fsp3) is 1.00.